The van der Waals surface area contributed by atoms with Gasteiger partial charge >= 0.3 is 94.6 Å². The summed E-state index contributed by atoms with van der Waals surface area (Å²) in [5.41, 5.74) is 0. The topological polar surface area (TPSA) is 26.3 Å². The summed E-state index contributed by atoms with van der Waals surface area (Å²) in [6, 6.07) is 0. The number of carbonyl (C=O) groups is 1. The van der Waals surface area contributed by atoms with Crippen LogP contribution in [-0.2, 0) is 9.53 Å². The van der Waals surface area contributed by atoms with E-state index >= 15 is 0 Å². The number of halogens is 1. The van der Waals surface area contributed by atoms with E-state index in [1.807, 2.05) is 6.92 Å². The van der Waals surface area contributed by atoms with Gasteiger partial charge in [0.2, 0.25) is 0 Å². The third-order valence-electron chi connectivity index (χ3n) is 3.14. The number of hydrogen-bond donors (Lipinski definition) is 0. The van der Waals surface area contributed by atoms with Gasteiger partial charge in [0.05, 0.1) is 0 Å². The van der Waals surface area contributed by atoms with Crippen LogP contribution >= 0.6 is 11.6 Å². The van der Waals surface area contributed by atoms with E-state index < -0.39 is 13.3 Å². The summed E-state index contributed by atoms with van der Waals surface area (Å²) in [5, 5.41) is 3.29. The number of alkyl halides is 1. The monoisotopic (exact) mass is 282 g/mol. The quantitative estimate of drug-likeness (QED) is 0.424. The molecule has 0 bridgehead atoms. The van der Waals surface area contributed by atoms with Gasteiger partial charge in [0, 0.05) is 0 Å². The van der Waals surface area contributed by atoms with Crippen molar-refractivity contribution < 1.29 is 9.53 Å². The van der Waals surface area contributed by atoms with Gasteiger partial charge in [-0.25, -0.2) is 0 Å². The Hall–Kier alpha value is 0.303. The van der Waals surface area contributed by atoms with Gasteiger partial charge in [0.15, 0.2) is 0 Å². The van der Waals surface area contributed by atoms with E-state index in [9.17, 15) is 4.79 Å². The van der Waals surface area contributed by atoms with E-state index in [0.29, 0.717) is 6.61 Å². The molecule has 0 saturated carbocycles. The predicted molar refractivity (Wildman–Crippen MR) is 63.5 cm³/mol. The molecule has 0 amide bonds. The molecule has 0 aromatic carbocycles. The molecular weight excluding hydrogens is 260 g/mol. The van der Waals surface area contributed by atoms with Crippen molar-refractivity contribution in [3.05, 3.63) is 0 Å². The molecule has 0 heterocycles. The minimum atomic E-state index is -2.16. The Morgan fingerprint density at radius 2 is 1.64 bits per heavy atom. The molecule has 0 N–H and O–H groups in total. The molecule has 2 nitrogen and oxygen atoms in total. The Kier molecular flexibility index (Phi) is 6.87. The molecule has 0 radical (unpaired) electrons. The fourth-order valence-corrected chi connectivity index (χ4v) is 10.8. The fourth-order valence-electron chi connectivity index (χ4n) is 1.75. The number of carbonyl (C=O) groups excluding carboxylic acids is 1. The third kappa shape index (κ3) is 3.16. The third-order valence-corrected chi connectivity index (χ3v) is 17.3. The summed E-state index contributed by atoms with van der Waals surface area (Å²) in [6.45, 7) is 8.71. The predicted octanol–water partition coefficient (Wildman–Crippen LogP) is 3.20. The molecule has 0 aliphatic rings. The molecule has 0 aliphatic carbocycles. The van der Waals surface area contributed by atoms with Crippen LogP contribution in [0.3, 0.4) is 0 Å². The molecule has 1 atom stereocenters. The van der Waals surface area contributed by atoms with Crippen LogP contribution in [0.2, 0.25) is 15.8 Å². The van der Waals surface area contributed by atoms with Gasteiger partial charge in [-0.1, -0.05) is 0 Å². The Morgan fingerprint density at radius 1 is 1.21 bits per heavy atom. The van der Waals surface area contributed by atoms with Crippen LogP contribution in [0.4, 0.5) is 0 Å². The van der Waals surface area contributed by atoms with Crippen molar-refractivity contribution in [1.82, 2.24) is 0 Å². The van der Waals surface area contributed by atoms with Gasteiger partial charge in [-0.15, -0.1) is 0 Å². The van der Waals surface area contributed by atoms with Crippen LogP contribution in [0.15, 0.2) is 0 Å². The van der Waals surface area contributed by atoms with Crippen LogP contribution in [0, 0.1) is 0 Å². The normalized spacial score (nSPS) is 13.8. The van der Waals surface area contributed by atoms with Gasteiger partial charge in [0.1, 0.15) is 0 Å². The van der Waals surface area contributed by atoms with Crippen LogP contribution in [0.1, 0.15) is 27.7 Å². The fraction of sp³-hybridized carbons (Fsp3) is 0.900. The van der Waals surface area contributed by atoms with Crippen molar-refractivity contribution in [2.24, 2.45) is 0 Å². The molecule has 14 heavy (non-hydrogen) atoms. The Balaban J connectivity index is 4.57. The first-order valence-electron chi connectivity index (χ1n) is 5.38. The molecule has 0 fully saturated rings. The molecular formula is C10H21ClGeO2. The number of rotatable bonds is 6. The van der Waals surface area contributed by atoms with E-state index in [1.54, 1.807) is 0 Å². The Bertz CT molecular complexity index is 173. The van der Waals surface area contributed by atoms with E-state index in [1.165, 1.54) is 0 Å². The van der Waals surface area contributed by atoms with Crippen molar-refractivity contribution in [1.29, 1.82) is 0 Å². The first-order valence-corrected chi connectivity index (χ1v) is 11.5. The van der Waals surface area contributed by atoms with Crippen molar-refractivity contribution in [2.75, 3.05) is 6.61 Å². The molecule has 4 heteroatoms. The van der Waals surface area contributed by atoms with Gasteiger partial charge in [-0.2, -0.15) is 0 Å². The zero-order chi connectivity index (χ0) is 11.2. The zero-order valence-corrected chi connectivity index (χ0v) is 12.5. The zero-order valence-electron chi connectivity index (χ0n) is 9.60. The summed E-state index contributed by atoms with van der Waals surface area (Å²) < 4.78 is 4.67. The number of hydrogen-bond acceptors (Lipinski definition) is 2. The van der Waals surface area contributed by atoms with Crippen molar-refractivity contribution in [2.45, 2.75) is 47.7 Å². The number of ether oxygens (including phenoxy) is 1. The molecule has 0 spiro atoms. The minimum absolute atomic E-state index is 0.195. The summed E-state index contributed by atoms with van der Waals surface area (Å²) in [6.07, 6.45) is 0. The molecule has 0 aromatic rings. The summed E-state index contributed by atoms with van der Waals surface area (Å²) in [7, 11) is 0. The van der Waals surface area contributed by atoms with E-state index in [-0.39, 0.29) is 10.2 Å². The van der Waals surface area contributed by atoms with E-state index in [4.69, 9.17) is 16.3 Å². The van der Waals surface area contributed by atoms with Crippen LogP contribution < -0.4 is 0 Å². The second-order valence-electron chi connectivity index (χ2n) is 3.54. The van der Waals surface area contributed by atoms with Crippen molar-refractivity contribution in [3.63, 3.8) is 0 Å². The maximum atomic E-state index is 11.6. The summed E-state index contributed by atoms with van der Waals surface area (Å²) in [5.74, 6) is -0.195. The second-order valence-corrected chi connectivity index (χ2v) is 16.1. The maximum absolute atomic E-state index is 11.6. The van der Waals surface area contributed by atoms with Gasteiger partial charge in [-0.3, -0.25) is 0 Å². The SMILES string of the molecule is CCOC(=O)[CH](Cl)[Ge]([CH2]C)([CH2]C)[CH2]C. The van der Waals surface area contributed by atoms with Gasteiger partial charge < -0.3 is 0 Å². The summed E-state index contributed by atoms with van der Waals surface area (Å²) in [4.78, 5) is 11.6. The molecule has 0 aromatic heterocycles. The van der Waals surface area contributed by atoms with Crippen LogP contribution in [0.25, 0.3) is 0 Å². The molecule has 0 rings (SSSR count). The summed E-state index contributed by atoms with van der Waals surface area (Å²) >= 11 is 4.08. The Labute approximate surface area is 94.7 Å². The molecule has 1 unspecified atom stereocenters. The first kappa shape index (κ1) is 14.3. The average molecular weight is 281 g/mol. The van der Waals surface area contributed by atoms with Crippen LogP contribution in [0.5, 0.6) is 0 Å². The molecule has 84 valence electrons. The Morgan fingerprint density at radius 3 is 1.93 bits per heavy atom. The molecule has 0 aliphatic heterocycles. The van der Waals surface area contributed by atoms with Gasteiger partial charge in [-0.05, 0) is 0 Å². The van der Waals surface area contributed by atoms with Gasteiger partial charge in [0.25, 0.3) is 0 Å². The van der Waals surface area contributed by atoms with Crippen molar-refractivity contribution in [3.8, 4) is 0 Å². The second kappa shape index (κ2) is 6.73. The average Bonchev–Trinajstić information content (AvgIpc) is 2.21. The van der Waals surface area contributed by atoms with E-state index in [2.05, 4.69) is 20.8 Å². The number of esters is 1. The standard InChI is InChI=1S/C10H21ClGeO2/c1-5-12(6-2,7-3)9(11)10(13)14-8-4/h9H,5-8H2,1-4H3. The van der Waals surface area contributed by atoms with E-state index in [0.717, 1.165) is 15.8 Å². The van der Waals surface area contributed by atoms with Crippen molar-refractivity contribution >= 4 is 30.8 Å². The van der Waals surface area contributed by atoms with Crippen LogP contribution in [-0.4, -0.2) is 30.1 Å². The first-order chi connectivity index (χ1) is 6.57. The molecule has 0 saturated heterocycles.